The first-order valence-electron chi connectivity index (χ1n) is 8.14. The fourth-order valence-corrected chi connectivity index (χ4v) is 2.17. The van der Waals surface area contributed by atoms with Gasteiger partial charge in [0.25, 0.3) is 5.91 Å². The lowest BCUT2D eigenvalue weighted by Gasteiger charge is -2.10. The first-order valence-corrected chi connectivity index (χ1v) is 8.14. The minimum absolute atomic E-state index is 0.0637. The van der Waals surface area contributed by atoms with Gasteiger partial charge in [0.05, 0.1) is 19.4 Å². The molecule has 0 bridgehead atoms. The van der Waals surface area contributed by atoms with Gasteiger partial charge in [0.15, 0.2) is 5.96 Å². The molecule has 1 heterocycles. The number of rotatable bonds is 7. The summed E-state index contributed by atoms with van der Waals surface area (Å²) in [6.45, 7) is 6.35. The number of guanidine groups is 1. The molecule has 3 N–H and O–H groups in total. The van der Waals surface area contributed by atoms with Crippen LogP contribution >= 0.6 is 0 Å². The average molecular weight is 328 g/mol. The second kappa shape index (κ2) is 9.39. The van der Waals surface area contributed by atoms with Crippen molar-refractivity contribution < 1.29 is 9.21 Å². The molecule has 1 aromatic heterocycles. The number of carbonyl (C=O) groups excluding carboxylic acids is 1. The topological polar surface area (TPSA) is 78.7 Å². The summed E-state index contributed by atoms with van der Waals surface area (Å²) < 4.78 is 5.30. The van der Waals surface area contributed by atoms with E-state index in [1.54, 1.807) is 12.3 Å². The van der Waals surface area contributed by atoms with Crippen molar-refractivity contribution in [2.45, 2.75) is 26.9 Å². The molecule has 24 heavy (non-hydrogen) atoms. The summed E-state index contributed by atoms with van der Waals surface area (Å²) in [7, 11) is 0. The number of hydrogen-bond donors (Lipinski definition) is 3. The van der Waals surface area contributed by atoms with Crippen LogP contribution in [0.1, 0.15) is 35.5 Å². The van der Waals surface area contributed by atoms with Crippen LogP contribution in [-0.2, 0) is 13.1 Å². The standard InChI is InChI=1S/C18H24N4O2/c1-3-19-17(23)15-8-5-7-14(11-15)12-21-18(20-4-2)22-13-16-9-6-10-24-16/h5-11H,3-4,12-13H2,1-2H3,(H,19,23)(H2,20,21,22). The molecule has 0 aliphatic rings. The minimum atomic E-state index is -0.0637. The van der Waals surface area contributed by atoms with Crippen LogP contribution in [0, 0.1) is 0 Å². The van der Waals surface area contributed by atoms with Gasteiger partial charge in [-0.25, -0.2) is 4.99 Å². The average Bonchev–Trinajstić information content (AvgIpc) is 3.11. The van der Waals surface area contributed by atoms with Crippen LogP contribution in [0.4, 0.5) is 0 Å². The van der Waals surface area contributed by atoms with Crippen LogP contribution < -0.4 is 16.0 Å². The Bertz CT molecular complexity index is 665. The molecule has 128 valence electrons. The lowest BCUT2D eigenvalue weighted by molar-refractivity contribution is 0.0955. The van der Waals surface area contributed by atoms with E-state index in [1.165, 1.54) is 0 Å². The highest BCUT2D eigenvalue weighted by molar-refractivity contribution is 5.94. The lowest BCUT2D eigenvalue weighted by Crippen LogP contribution is -2.36. The molecule has 0 saturated heterocycles. The third-order valence-electron chi connectivity index (χ3n) is 3.30. The summed E-state index contributed by atoms with van der Waals surface area (Å²) in [5, 5.41) is 9.21. The van der Waals surface area contributed by atoms with Gasteiger partial charge in [-0.2, -0.15) is 0 Å². The van der Waals surface area contributed by atoms with E-state index < -0.39 is 0 Å². The molecule has 0 atom stereocenters. The fourth-order valence-electron chi connectivity index (χ4n) is 2.17. The molecular formula is C18H24N4O2. The van der Waals surface area contributed by atoms with E-state index in [0.717, 1.165) is 17.9 Å². The second-order valence-corrected chi connectivity index (χ2v) is 5.19. The first-order chi connectivity index (χ1) is 11.7. The van der Waals surface area contributed by atoms with E-state index in [4.69, 9.17) is 4.42 Å². The Labute approximate surface area is 142 Å². The Morgan fingerprint density at radius 1 is 1.08 bits per heavy atom. The van der Waals surface area contributed by atoms with E-state index in [0.29, 0.717) is 31.2 Å². The van der Waals surface area contributed by atoms with Crippen molar-refractivity contribution in [1.82, 2.24) is 16.0 Å². The Hall–Kier alpha value is -2.76. The van der Waals surface area contributed by atoms with Gasteiger partial charge in [-0.1, -0.05) is 12.1 Å². The quantitative estimate of drug-likeness (QED) is 0.538. The lowest BCUT2D eigenvalue weighted by atomic mass is 10.1. The maximum absolute atomic E-state index is 11.9. The van der Waals surface area contributed by atoms with Gasteiger partial charge in [0.2, 0.25) is 0 Å². The number of aliphatic imine (C=N–C) groups is 1. The van der Waals surface area contributed by atoms with Crippen LogP contribution in [0.3, 0.4) is 0 Å². The van der Waals surface area contributed by atoms with E-state index >= 15 is 0 Å². The van der Waals surface area contributed by atoms with E-state index in [9.17, 15) is 4.79 Å². The first kappa shape index (κ1) is 17.6. The molecule has 0 aliphatic heterocycles. The van der Waals surface area contributed by atoms with E-state index in [-0.39, 0.29) is 5.91 Å². The maximum atomic E-state index is 11.9. The van der Waals surface area contributed by atoms with Gasteiger partial charge < -0.3 is 20.4 Å². The molecule has 0 spiro atoms. The van der Waals surface area contributed by atoms with Crippen molar-refractivity contribution in [3.05, 3.63) is 59.5 Å². The molecule has 0 saturated carbocycles. The Kier molecular flexibility index (Phi) is 6.89. The summed E-state index contributed by atoms with van der Waals surface area (Å²) in [4.78, 5) is 16.4. The Balaban J connectivity index is 1.99. The zero-order valence-corrected chi connectivity index (χ0v) is 14.1. The molecule has 0 aliphatic carbocycles. The smallest absolute Gasteiger partial charge is 0.251 e. The number of benzene rings is 1. The molecule has 1 aromatic carbocycles. The highest BCUT2D eigenvalue weighted by Crippen LogP contribution is 2.07. The number of carbonyl (C=O) groups is 1. The number of nitrogens with zero attached hydrogens (tertiary/aromatic N) is 1. The zero-order chi connectivity index (χ0) is 17.2. The molecule has 0 fully saturated rings. The zero-order valence-electron chi connectivity index (χ0n) is 14.1. The van der Waals surface area contributed by atoms with Crippen LogP contribution in [-0.4, -0.2) is 25.0 Å². The molecule has 0 radical (unpaired) electrons. The number of amides is 1. The number of nitrogens with one attached hydrogen (secondary N) is 3. The number of hydrogen-bond acceptors (Lipinski definition) is 3. The van der Waals surface area contributed by atoms with Crippen LogP contribution in [0.2, 0.25) is 0 Å². The third kappa shape index (κ3) is 5.46. The monoisotopic (exact) mass is 328 g/mol. The van der Waals surface area contributed by atoms with Crippen molar-refractivity contribution in [1.29, 1.82) is 0 Å². The molecule has 2 rings (SSSR count). The summed E-state index contributed by atoms with van der Waals surface area (Å²) in [6.07, 6.45) is 1.65. The second-order valence-electron chi connectivity index (χ2n) is 5.19. The predicted octanol–water partition coefficient (Wildman–Crippen LogP) is 2.28. The summed E-state index contributed by atoms with van der Waals surface area (Å²) in [5.74, 6) is 1.49. The van der Waals surface area contributed by atoms with Crippen LogP contribution in [0.15, 0.2) is 52.1 Å². The van der Waals surface area contributed by atoms with Crippen LogP contribution in [0.5, 0.6) is 0 Å². The van der Waals surface area contributed by atoms with Gasteiger partial charge in [-0.15, -0.1) is 0 Å². The molecular weight excluding hydrogens is 304 g/mol. The third-order valence-corrected chi connectivity index (χ3v) is 3.30. The van der Waals surface area contributed by atoms with Crippen molar-refractivity contribution >= 4 is 11.9 Å². The van der Waals surface area contributed by atoms with Gasteiger partial charge in [0, 0.05) is 18.7 Å². The SMILES string of the molecule is CCNC(=O)c1cccc(CN=C(NCC)NCc2ccco2)c1. The van der Waals surface area contributed by atoms with Gasteiger partial charge in [0.1, 0.15) is 5.76 Å². The van der Waals surface area contributed by atoms with E-state index in [1.807, 2.05) is 44.2 Å². The normalized spacial score (nSPS) is 11.2. The highest BCUT2D eigenvalue weighted by Gasteiger charge is 2.05. The molecule has 1 amide bonds. The number of furan rings is 1. The van der Waals surface area contributed by atoms with Crippen molar-refractivity contribution in [2.75, 3.05) is 13.1 Å². The van der Waals surface area contributed by atoms with Gasteiger partial charge >= 0.3 is 0 Å². The Morgan fingerprint density at radius 2 is 1.92 bits per heavy atom. The molecule has 6 heteroatoms. The Morgan fingerprint density at radius 3 is 2.62 bits per heavy atom. The minimum Gasteiger partial charge on any atom is -0.467 e. The van der Waals surface area contributed by atoms with Gasteiger partial charge in [-0.05, 0) is 43.7 Å². The molecule has 0 unspecified atom stereocenters. The predicted molar refractivity (Wildman–Crippen MR) is 94.8 cm³/mol. The van der Waals surface area contributed by atoms with Gasteiger partial charge in [-0.3, -0.25) is 4.79 Å². The summed E-state index contributed by atoms with van der Waals surface area (Å²) in [6, 6.07) is 11.3. The summed E-state index contributed by atoms with van der Waals surface area (Å²) >= 11 is 0. The highest BCUT2D eigenvalue weighted by atomic mass is 16.3. The van der Waals surface area contributed by atoms with Crippen LogP contribution in [0.25, 0.3) is 0 Å². The largest absolute Gasteiger partial charge is 0.467 e. The van der Waals surface area contributed by atoms with E-state index in [2.05, 4.69) is 20.9 Å². The van der Waals surface area contributed by atoms with Crippen molar-refractivity contribution in [2.24, 2.45) is 4.99 Å². The maximum Gasteiger partial charge on any atom is 0.251 e. The van der Waals surface area contributed by atoms with Crippen molar-refractivity contribution in [3.8, 4) is 0 Å². The summed E-state index contributed by atoms with van der Waals surface area (Å²) in [5.41, 5.74) is 1.63. The molecule has 2 aromatic rings. The molecule has 6 nitrogen and oxygen atoms in total. The van der Waals surface area contributed by atoms with Crippen molar-refractivity contribution in [3.63, 3.8) is 0 Å². The fraction of sp³-hybridized carbons (Fsp3) is 0.333.